The van der Waals surface area contributed by atoms with Crippen LogP contribution in [-0.2, 0) is 0 Å². The first-order chi connectivity index (χ1) is 6.13. The molecule has 0 unspecified atom stereocenters. The highest BCUT2D eigenvalue weighted by Gasteiger charge is 2.30. The molecule has 0 aromatic carbocycles. The van der Waals surface area contributed by atoms with Gasteiger partial charge in [0.1, 0.15) is 5.82 Å². The molecule has 3 heteroatoms. The average Bonchev–Trinajstić information content (AvgIpc) is 2.33. The number of rotatable bonds is 0. The summed E-state index contributed by atoms with van der Waals surface area (Å²) in [4.78, 5) is 17.5. The molecule has 0 bridgehead atoms. The van der Waals surface area contributed by atoms with Gasteiger partial charge in [0, 0.05) is 13.2 Å². The average molecular weight is 174 g/mol. The van der Waals surface area contributed by atoms with Crippen molar-refractivity contribution >= 4 is 11.6 Å². The van der Waals surface area contributed by atoms with Crippen LogP contribution in [0.3, 0.4) is 0 Å². The fraction of sp³-hybridized carbons (Fsp3) is 0.200. The summed E-state index contributed by atoms with van der Waals surface area (Å²) in [6, 6.07) is 1.84. The lowest BCUT2D eigenvalue weighted by molar-refractivity contribution is 0.103. The van der Waals surface area contributed by atoms with Gasteiger partial charge in [0.05, 0.1) is 11.3 Å². The van der Waals surface area contributed by atoms with Crippen LogP contribution < -0.4 is 4.90 Å². The first-order valence-corrected chi connectivity index (χ1v) is 4.06. The predicted molar refractivity (Wildman–Crippen MR) is 50.8 cm³/mol. The summed E-state index contributed by atoms with van der Waals surface area (Å²) in [5.74, 6) is 0.707. The van der Waals surface area contributed by atoms with E-state index in [1.54, 1.807) is 18.1 Å². The number of aromatic nitrogens is 1. The van der Waals surface area contributed by atoms with Gasteiger partial charge in [-0.3, -0.25) is 4.79 Å². The molecule has 0 saturated carbocycles. The summed E-state index contributed by atoms with van der Waals surface area (Å²) in [7, 11) is 1.80. The third-order valence-corrected chi connectivity index (χ3v) is 2.35. The quantitative estimate of drug-likeness (QED) is 0.559. The molecule has 0 N–H and O–H groups in total. The second-order valence-corrected chi connectivity index (χ2v) is 3.16. The molecule has 2 heterocycles. The minimum atomic E-state index is -0.0110. The van der Waals surface area contributed by atoms with Gasteiger partial charge in [0.2, 0.25) is 5.78 Å². The van der Waals surface area contributed by atoms with E-state index in [-0.39, 0.29) is 5.78 Å². The molecule has 1 aliphatic rings. The van der Waals surface area contributed by atoms with Crippen LogP contribution in [0.1, 0.15) is 15.9 Å². The second-order valence-electron chi connectivity index (χ2n) is 3.16. The Morgan fingerprint density at radius 3 is 2.85 bits per heavy atom. The number of pyridine rings is 1. The van der Waals surface area contributed by atoms with Crippen molar-refractivity contribution < 1.29 is 4.79 Å². The number of aryl methyl sites for hydroxylation is 1. The molecule has 0 fully saturated rings. The Bertz CT molecular complexity index is 409. The molecule has 0 atom stereocenters. The van der Waals surface area contributed by atoms with E-state index in [4.69, 9.17) is 0 Å². The summed E-state index contributed by atoms with van der Waals surface area (Å²) in [6.45, 7) is 5.62. The molecule has 0 spiro atoms. The van der Waals surface area contributed by atoms with Crippen molar-refractivity contribution in [3.05, 3.63) is 35.7 Å². The topological polar surface area (TPSA) is 33.2 Å². The number of allylic oxidation sites excluding steroid dienone is 1. The number of hydrogen-bond donors (Lipinski definition) is 0. The molecule has 1 aliphatic heterocycles. The van der Waals surface area contributed by atoms with Crippen molar-refractivity contribution in [2.24, 2.45) is 0 Å². The number of anilines is 1. The summed E-state index contributed by atoms with van der Waals surface area (Å²) in [5.41, 5.74) is 2.15. The predicted octanol–water partition coefficient (Wildman–Crippen LogP) is 1.54. The highest BCUT2D eigenvalue weighted by Crippen LogP contribution is 2.31. The number of Topliss-reactive ketones (excluding diaryl/α,β-unsaturated/α-hetero) is 1. The summed E-state index contributed by atoms with van der Waals surface area (Å²) in [5, 5.41) is 0. The Kier molecular flexibility index (Phi) is 1.49. The molecule has 66 valence electrons. The van der Waals surface area contributed by atoms with Crippen LogP contribution in [0.15, 0.2) is 24.5 Å². The van der Waals surface area contributed by atoms with E-state index in [0.717, 1.165) is 11.4 Å². The molecule has 1 aromatic heterocycles. The van der Waals surface area contributed by atoms with E-state index in [1.807, 2.05) is 13.0 Å². The molecule has 0 amide bonds. The molecular weight excluding hydrogens is 164 g/mol. The number of carbonyl (C=O) groups excluding carboxylic acids is 1. The van der Waals surface area contributed by atoms with Crippen molar-refractivity contribution in [3.63, 3.8) is 0 Å². The second kappa shape index (κ2) is 2.42. The molecule has 13 heavy (non-hydrogen) atoms. The van der Waals surface area contributed by atoms with E-state index in [2.05, 4.69) is 11.6 Å². The van der Waals surface area contributed by atoms with E-state index in [1.165, 1.54) is 0 Å². The summed E-state index contributed by atoms with van der Waals surface area (Å²) in [6.07, 6.45) is 1.70. The van der Waals surface area contributed by atoms with Crippen molar-refractivity contribution in [1.82, 2.24) is 4.98 Å². The lowest BCUT2D eigenvalue weighted by atomic mass is 10.1. The monoisotopic (exact) mass is 174 g/mol. The molecule has 0 saturated heterocycles. The largest absolute Gasteiger partial charge is 0.326 e. The zero-order chi connectivity index (χ0) is 9.59. The van der Waals surface area contributed by atoms with Gasteiger partial charge in [-0.25, -0.2) is 4.98 Å². The number of nitrogens with zero attached hydrogens (tertiary/aromatic N) is 2. The number of hydrogen-bond acceptors (Lipinski definition) is 3. The Morgan fingerprint density at radius 1 is 1.54 bits per heavy atom. The third kappa shape index (κ3) is 0.900. The van der Waals surface area contributed by atoms with Crippen molar-refractivity contribution in [2.75, 3.05) is 11.9 Å². The van der Waals surface area contributed by atoms with E-state index in [0.29, 0.717) is 11.3 Å². The van der Waals surface area contributed by atoms with Crippen LogP contribution in [0.4, 0.5) is 5.82 Å². The van der Waals surface area contributed by atoms with Gasteiger partial charge >= 0.3 is 0 Å². The number of likely N-dealkylation sites (N-methyl/N-ethyl adjacent to an activating group) is 1. The SMILES string of the molecule is C=C1C(=O)c2c(C)ccnc2N1C. The van der Waals surface area contributed by atoms with Crippen LogP contribution in [0.5, 0.6) is 0 Å². The maximum atomic E-state index is 11.6. The van der Waals surface area contributed by atoms with Gasteiger partial charge < -0.3 is 4.90 Å². The fourth-order valence-corrected chi connectivity index (χ4v) is 1.50. The number of carbonyl (C=O) groups is 1. The van der Waals surface area contributed by atoms with Gasteiger partial charge in [-0.1, -0.05) is 6.58 Å². The van der Waals surface area contributed by atoms with E-state index < -0.39 is 0 Å². The Labute approximate surface area is 76.7 Å². The zero-order valence-electron chi connectivity index (χ0n) is 7.66. The highest BCUT2D eigenvalue weighted by atomic mass is 16.1. The van der Waals surface area contributed by atoms with Crippen molar-refractivity contribution in [3.8, 4) is 0 Å². The Morgan fingerprint density at radius 2 is 2.23 bits per heavy atom. The maximum absolute atomic E-state index is 11.6. The van der Waals surface area contributed by atoms with Crippen molar-refractivity contribution in [1.29, 1.82) is 0 Å². The van der Waals surface area contributed by atoms with Crippen LogP contribution >= 0.6 is 0 Å². The van der Waals surface area contributed by atoms with Crippen LogP contribution in [-0.4, -0.2) is 17.8 Å². The Hall–Kier alpha value is -1.64. The summed E-state index contributed by atoms with van der Waals surface area (Å²) >= 11 is 0. The molecule has 2 rings (SSSR count). The van der Waals surface area contributed by atoms with Gasteiger partial charge in [0.15, 0.2) is 0 Å². The smallest absolute Gasteiger partial charge is 0.212 e. The molecular formula is C10H10N2O. The first kappa shape index (κ1) is 7.98. The molecule has 3 nitrogen and oxygen atoms in total. The summed E-state index contributed by atoms with van der Waals surface area (Å²) < 4.78 is 0. The van der Waals surface area contributed by atoms with Crippen LogP contribution in [0, 0.1) is 6.92 Å². The fourth-order valence-electron chi connectivity index (χ4n) is 1.50. The van der Waals surface area contributed by atoms with Gasteiger partial charge in [-0.15, -0.1) is 0 Å². The van der Waals surface area contributed by atoms with E-state index >= 15 is 0 Å². The molecule has 1 aromatic rings. The number of ketones is 1. The maximum Gasteiger partial charge on any atom is 0.212 e. The Balaban J connectivity index is 2.73. The zero-order valence-corrected chi connectivity index (χ0v) is 7.66. The minimum Gasteiger partial charge on any atom is -0.326 e. The van der Waals surface area contributed by atoms with Gasteiger partial charge in [-0.05, 0) is 18.6 Å². The minimum absolute atomic E-state index is 0.0110. The van der Waals surface area contributed by atoms with Gasteiger partial charge in [-0.2, -0.15) is 0 Å². The normalized spacial score (nSPS) is 15.1. The van der Waals surface area contributed by atoms with Crippen LogP contribution in [0.2, 0.25) is 0 Å². The molecule has 0 radical (unpaired) electrons. The number of fused-ring (bicyclic) bond motifs is 1. The van der Waals surface area contributed by atoms with Crippen LogP contribution in [0.25, 0.3) is 0 Å². The highest BCUT2D eigenvalue weighted by molar-refractivity contribution is 6.18. The molecule has 0 aliphatic carbocycles. The lowest BCUT2D eigenvalue weighted by Gasteiger charge is -2.09. The third-order valence-electron chi connectivity index (χ3n) is 2.35. The lowest BCUT2D eigenvalue weighted by Crippen LogP contribution is -2.13. The standard InChI is InChI=1S/C10H10N2O/c1-6-4-5-11-10-8(6)9(13)7(2)12(10)3/h4-5H,2H2,1,3H3. The van der Waals surface area contributed by atoms with E-state index in [9.17, 15) is 4.79 Å². The first-order valence-electron chi connectivity index (χ1n) is 4.06. The van der Waals surface area contributed by atoms with Gasteiger partial charge in [0.25, 0.3) is 0 Å². The van der Waals surface area contributed by atoms with Crippen molar-refractivity contribution in [2.45, 2.75) is 6.92 Å².